The molecule has 0 saturated heterocycles. The number of aryl methyl sites for hydroxylation is 1. The van der Waals surface area contributed by atoms with Gasteiger partial charge in [-0.1, -0.05) is 54.9 Å². The summed E-state index contributed by atoms with van der Waals surface area (Å²) in [5, 5.41) is 0. The standard InChI is InChI=1S/C17H33NSi/c1-8-9-10-17-11-12-18(13-17)19(14(2)3,15(4)5)16(6)7/h11-16H,8-10H2,1-7H3. The van der Waals surface area contributed by atoms with Gasteiger partial charge in [-0.25, -0.2) is 0 Å². The molecule has 0 aromatic carbocycles. The minimum absolute atomic E-state index is 0.777. The van der Waals surface area contributed by atoms with Gasteiger partial charge in [-0.2, -0.15) is 0 Å². The Hall–Kier alpha value is -0.503. The lowest BCUT2D eigenvalue weighted by molar-refractivity contribution is 0.761. The van der Waals surface area contributed by atoms with E-state index in [9.17, 15) is 0 Å². The second-order valence-electron chi connectivity index (χ2n) is 6.88. The number of rotatable bonds is 7. The zero-order valence-corrected chi connectivity index (χ0v) is 15.0. The van der Waals surface area contributed by atoms with Gasteiger partial charge in [-0.05, 0) is 53.5 Å². The number of hydrogen-bond donors (Lipinski definition) is 0. The van der Waals surface area contributed by atoms with Crippen LogP contribution in [0.5, 0.6) is 0 Å². The molecule has 0 aliphatic carbocycles. The average molecular weight is 280 g/mol. The van der Waals surface area contributed by atoms with Crippen LogP contribution in [0, 0.1) is 0 Å². The topological polar surface area (TPSA) is 4.93 Å². The van der Waals surface area contributed by atoms with Crippen molar-refractivity contribution in [1.82, 2.24) is 4.23 Å². The van der Waals surface area contributed by atoms with Crippen LogP contribution in [0.3, 0.4) is 0 Å². The van der Waals surface area contributed by atoms with Crippen LogP contribution in [0.1, 0.15) is 66.9 Å². The summed E-state index contributed by atoms with van der Waals surface area (Å²) in [7, 11) is -1.51. The Balaban J connectivity index is 3.14. The highest BCUT2D eigenvalue weighted by Gasteiger charge is 2.44. The highest BCUT2D eigenvalue weighted by Crippen LogP contribution is 2.42. The van der Waals surface area contributed by atoms with E-state index in [-0.39, 0.29) is 0 Å². The highest BCUT2D eigenvalue weighted by molar-refractivity contribution is 6.82. The molecule has 0 aliphatic heterocycles. The lowest BCUT2D eigenvalue weighted by Gasteiger charge is -2.44. The quantitative estimate of drug-likeness (QED) is 0.551. The molecule has 1 aromatic rings. The van der Waals surface area contributed by atoms with Crippen molar-refractivity contribution in [3.8, 4) is 0 Å². The molecule has 19 heavy (non-hydrogen) atoms. The Morgan fingerprint density at radius 1 is 1.00 bits per heavy atom. The molecule has 0 atom stereocenters. The van der Waals surface area contributed by atoms with E-state index in [4.69, 9.17) is 0 Å². The van der Waals surface area contributed by atoms with E-state index < -0.39 is 8.24 Å². The van der Waals surface area contributed by atoms with Crippen LogP contribution in [0.25, 0.3) is 0 Å². The smallest absolute Gasteiger partial charge is 0.168 e. The normalized spacial score (nSPS) is 12.9. The molecule has 110 valence electrons. The molecule has 2 heteroatoms. The predicted molar refractivity (Wildman–Crippen MR) is 89.5 cm³/mol. The van der Waals surface area contributed by atoms with Crippen LogP contribution >= 0.6 is 0 Å². The van der Waals surface area contributed by atoms with Crippen LogP contribution in [0.15, 0.2) is 18.5 Å². The largest absolute Gasteiger partial charge is 0.379 e. The maximum Gasteiger partial charge on any atom is 0.168 e. The second-order valence-corrected chi connectivity index (χ2v) is 12.6. The first-order chi connectivity index (χ1) is 8.87. The third-order valence-electron chi connectivity index (χ3n) is 4.79. The monoisotopic (exact) mass is 279 g/mol. The molecule has 1 heterocycles. The van der Waals surface area contributed by atoms with E-state index in [1.54, 1.807) is 0 Å². The van der Waals surface area contributed by atoms with Crippen molar-refractivity contribution in [2.45, 2.75) is 84.4 Å². The molecule has 0 amide bonds. The van der Waals surface area contributed by atoms with Gasteiger partial charge in [0, 0.05) is 0 Å². The first kappa shape index (κ1) is 16.6. The SMILES string of the molecule is CCCCc1ccn([Si](C(C)C)(C(C)C)C(C)C)c1. The van der Waals surface area contributed by atoms with Gasteiger partial charge in [0.1, 0.15) is 0 Å². The second kappa shape index (κ2) is 6.78. The molecule has 0 spiro atoms. The van der Waals surface area contributed by atoms with Gasteiger partial charge < -0.3 is 4.23 Å². The van der Waals surface area contributed by atoms with Crippen molar-refractivity contribution in [2.24, 2.45) is 0 Å². The summed E-state index contributed by atoms with van der Waals surface area (Å²) in [6.45, 7) is 16.8. The van der Waals surface area contributed by atoms with Crippen LogP contribution < -0.4 is 0 Å². The lowest BCUT2D eigenvalue weighted by atomic mass is 10.2. The van der Waals surface area contributed by atoms with Gasteiger partial charge in [0.05, 0.1) is 0 Å². The Morgan fingerprint density at radius 3 is 1.95 bits per heavy atom. The van der Waals surface area contributed by atoms with Crippen LogP contribution in [0.2, 0.25) is 16.6 Å². The summed E-state index contributed by atoms with van der Waals surface area (Å²) >= 11 is 0. The number of aromatic nitrogens is 1. The third-order valence-corrected chi connectivity index (χ3v) is 11.5. The molecule has 1 nitrogen and oxygen atoms in total. The van der Waals surface area contributed by atoms with Gasteiger partial charge in [0.15, 0.2) is 8.24 Å². The molecule has 0 unspecified atom stereocenters. The van der Waals surface area contributed by atoms with Crippen molar-refractivity contribution >= 4 is 8.24 Å². The van der Waals surface area contributed by atoms with Crippen molar-refractivity contribution in [3.05, 3.63) is 24.0 Å². The van der Waals surface area contributed by atoms with E-state index in [1.807, 2.05) is 0 Å². The molecule has 0 N–H and O–H groups in total. The van der Waals surface area contributed by atoms with E-state index in [0.717, 1.165) is 16.6 Å². The zero-order chi connectivity index (χ0) is 14.6. The van der Waals surface area contributed by atoms with Gasteiger partial charge >= 0.3 is 0 Å². The van der Waals surface area contributed by atoms with Crippen molar-refractivity contribution < 1.29 is 0 Å². The number of hydrogen-bond acceptors (Lipinski definition) is 0. The summed E-state index contributed by atoms with van der Waals surface area (Å²) < 4.78 is 2.65. The van der Waals surface area contributed by atoms with Crippen molar-refractivity contribution in [3.63, 3.8) is 0 Å². The Labute approximate surface area is 121 Å². The van der Waals surface area contributed by atoms with Gasteiger partial charge in [0.2, 0.25) is 0 Å². The van der Waals surface area contributed by atoms with E-state index in [0.29, 0.717) is 0 Å². The molecule has 1 rings (SSSR count). The molecule has 0 fully saturated rings. The molecular formula is C17H33NSi. The summed E-state index contributed by atoms with van der Waals surface area (Å²) in [5.41, 5.74) is 3.86. The predicted octanol–water partition coefficient (Wildman–Crippen LogP) is 5.85. The van der Waals surface area contributed by atoms with Crippen molar-refractivity contribution in [2.75, 3.05) is 0 Å². The molecule has 0 saturated carbocycles. The summed E-state index contributed by atoms with van der Waals surface area (Å²) in [5.74, 6) is 0. The lowest BCUT2D eigenvalue weighted by Crippen LogP contribution is -2.51. The minimum Gasteiger partial charge on any atom is -0.379 e. The maximum absolute atomic E-state index is 2.65. The first-order valence-electron chi connectivity index (χ1n) is 8.04. The average Bonchev–Trinajstić information content (AvgIpc) is 2.74. The fourth-order valence-electron chi connectivity index (χ4n) is 4.10. The summed E-state index contributed by atoms with van der Waals surface area (Å²) in [6.07, 6.45) is 8.66. The first-order valence-corrected chi connectivity index (χ1v) is 10.2. The highest BCUT2D eigenvalue weighted by atomic mass is 28.3. The van der Waals surface area contributed by atoms with Crippen LogP contribution in [-0.2, 0) is 6.42 Å². The summed E-state index contributed by atoms with van der Waals surface area (Å²) in [6, 6.07) is 2.35. The Kier molecular flexibility index (Phi) is 5.91. The van der Waals surface area contributed by atoms with E-state index >= 15 is 0 Å². The van der Waals surface area contributed by atoms with Crippen LogP contribution in [0.4, 0.5) is 0 Å². The molecule has 1 aromatic heterocycles. The van der Waals surface area contributed by atoms with E-state index in [1.165, 1.54) is 24.8 Å². The van der Waals surface area contributed by atoms with Crippen LogP contribution in [-0.4, -0.2) is 12.5 Å². The zero-order valence-electron chi connectivity index (χ0n) is 14.0. The summed E-state index contributed by atoms with van der Waals surface area (Å²) in [4.78, 5) is 0. The van der Waals surface area contributed by atoms with Crippen molar-refractivity contribution in [1.29, 1.82) is 0 Å². The Morgan fingerprint density at radius 2 is 1.53 bits per heavy atom. The number of unbranched alkanes of at least 4 members (excludes halogenated alkanes) is 1. The fraction of sp³-hybridized carbons (Fsp3) is 0.765. The maximum atomic E-state index is 2.65. The minimum atomic E-state index is -1.51. The molecule has 0 radical (unpaired) electrons. The fourth-order valence-corrected chi connectivity index (χ4v) is 10.6. The van der Waals surface area contributed by atoms with Gasteiger partial charge in [0.25, 0.3) is 0 Å². The Bertz CT molecular complexity index is 355. The van der Waals surface area contributed by atoms with Gasteiger partial charge in [-0.3, -0.25) is 0 Å². The molecule has 0 aliphatic rings. The molecular weight excluding hydrogens is 246 g/mol. The third kappa shape index (κ3) is 3.15. The molecule has 0 bridgehead atoms. The van der Waals surface area contributed by atoms with E-state index in [2.05, 4.69) is 71.2 Å². The van der Waals surface area contributed by atoms with Gasteiger partial charge in [-0.15, -0.1) is 0 Å². The number of nitrogens with zero attached hydrogens (tertiary/aromatic N) is 1.